The molecule has 0 atom stereocenters. The average Bonchev–Trinajstić information content (AvgIpc) is 3.48. The van der Waals surface area contributed by atoms with Crippen LogP contribution in [0.3, 0.4) is 0 Å². The highest BCUT2D eigenvalue weighted by Crippen LogP contribution is 2.34. The maximum atomic E-state index is 13.5. The molecule has 39 heavy (non-hydrogen) atoms. The molecule has 1 aromatic heterocycles. The Morgan fingerprint density at radius 1 is 0.897 bits per heavy atom. The molecule has 1 aliphatic rings. The fourth-order valence-corrected chi connectivity index (χ4v) is 5.04. The van der Waals surface area contributed by atoms with Crippen LogP contribution in [0.1, 0.15) is 59.5 Å². The van der Waals surface area contributed by atoms with E-state index < -0.39 is 0 Å². The third-order valence-corrected chi connectivity index (χ3v) is 7.56. The van der Waals surface area contributed by atoms with Crippen LogP contribution in [0.15, 0.2) is 66.7 Å². The van der Waals surface area contributed by atoms with Gasteiger partial charge in [-0.05, 0) is 77.6 Å². The predicted molar refractivity (Wildman–Crippen MR) is 153 cm³/mol. The third kappa shape index (κ3) is 6.74. The summed E-state index contributed by atoms with van der Waals surface area (Å²) < 4.78 is 0. The lowest BCUT2D eigenvalue weighted by molar-refractivity contribution is 0.102. The zero-order chi connectivity index (χ0) is 27.2. The van der Waals surface area contributed by atoms with Crippen molar-refractivity contribution < 1.29 is 9.59 Å². The molecule has 0 radical (unpaired) electrons. The standard InChI is InChI=1S/C28H27Cl2N7O2/c29-24-15-12-22(16-25(24)30)31-28(39)37(23-13-10-20(11-14-23)19-4-2-1-3-5-19)17-18-6-8-21(9-7-18)26(38)32-27-33-35-36-34-27/h6-16,19H,1-5,17H2,(H,31,39)(H2,32,33,34,35,36,38). The minimum atomic E-state index is -0.365. The number of nitrogens with zero attached hydrogens (tertiary/aromatic N) is 4. The highest BCUT2D eigenvalue weighted by molar-refractivity contribution is 6.42. The number of amides is 3. The Morgan fingerprint density at radius 2 is 1.64 bits per heavy atom. The summed E-state index contributed by atoms with van der Waals surface area (Å²) in [5, 5.41) is 19.4. The molecule has 3 N–H and O–H groups in total. The second-order valence-corrected chi connectivity index (χ2v) is 10.3. The highest BCUT2D eigenvalue weighted by Gasteiger charge is 2.20. The van der Waals surface area contributed by atoms with Gasteiger partial charge in [-0.3, -0.25) is 15.0 Å². The van der Waals surface area contributed by atoms with Crippen molar-refractivity contribution >= 4 is 52.5 Å². The summed E-state index contributed by atoms with van der Waals surface area (Å²) in [4.78, 5) is 27.6. The zero-order valence-corrected chi connectivity index (χ0v) is 22.5. The maximum absolute atomic E-state index is 13.5. The number of carbonyl (C=O) groups excluding carboxylic acids is 2. The topological polar surface area (TPSA) is 116 Å². The number of H-pyrrole nitrogens is 1. The summed E-state index contributed by atoms with van der Waals surface area (Å²) in [6, 6.07) is 19.8. The van der Waals surface area contributed by atoms with Gasteiger partial charge in [0.25, 0.3) is 11.9 Å². The van der Waals surface area contributed by atoms with Crippen LogP contribution in [0, 0.1) is 0 Å². The summed E-state index contributed by atoms with van der Waals surface area (Å²) in [7, 11) is 0. The summed E-state index contributed by atoms with van der Waals surface area (Å²) in [6.45, 7) is 0.280. The fourth-order valence-electron chi connectivity index (χ4n) is 4.74. The summed E-state index contributed by atoms with van der Waals surface area (Å²) in [5.41, 5.74) is 3.86. The lowest BCUT2D eigenvalue weighted by Crippen LogP contribution is -2.34. The molecule has 5 rings (SSSR count). The Morgan fingerprint density at radius 3 is 2.31 bits per heavy atom. The van der Waals surface area contributed by atoms with E-state index in [1.54, 1.807) is 47.4 Å². The second kappa shape index (κ2) is 12.3. The van der Waals surface area contributed by atoms with Crippen LogP contribution < -0.4 is 15.5 Å². The number of hydrogen-bond acceptors (Lipinski definition) is 5. The Kier molecular flexibility index (Phi) is 8.39. The molecule has 1 heterocycles. The van der Waals surface area contributed by atoms with Crippen molar-refractivity contribution in [1.29, 1.82) is 0 Å². The van der Waals surface area contributed by atoms with Crippen molar-refractivity contribution in [3.8, 4) is 0 Å². The van der Waals surface area contributed by atoms with E-state index in [1.807, 2.05) is 12.1 Å². The first-order chi connectivity index (χ1) is 19.0. The molecular formula is C28H27Cl2N7O2. The Balaban J connectivity index is 1.35. The molecule has 0 spiro atoms. The smallest absolute Gasteiger partial charge is 0.307 e. The number of hydrogen-bond donors (Lipinski definition) is 3. The van der Waals surface area contributed by atoms with Crippen LogP contribution in [0.5, 0.6) is 0 Å². The van der Waals surface area contributed by atoms with E-state index >= 15 is 0 Å². The molecule has 3 amide bonds. The van der Waals surface area contributed by atoms with Gasteiger partial charge in [0, 0.05) is 16.9 Å². The number of tetrazole rings is 1. The minimum Gasteiger partial charge on any atom is -0.307 e. The average molecular weight is 564 g/mol. The number of aromatic nitrogens is 4. The molecule has 11 heteroatoms. The van der Waals surface area contributed by atoms with Gasteiger partial charge in [-0.25, -0.2) is 4.79 Å². The van der Waals surface area contributed by atoms with Gasteiger partial charge >= 0.3 is 6.03 Å². The van der Waals surface area contributed by atoms with Crippen LogP contribution in [-0.4, -0.2) is 32.6 Å². The zero-order valence-electron chi connectivity index (χ0n) is 21.0. The molecule has 9 nitrogen and oxygen atoms in total. The van der Waals surface area contributed by atoms with E-state index in [0.29, 0.717) is 27.2 Å². The van der Waals surface area contributed by atoms with Crippen molar-refractivity contribution in [3.63, 3.8) is 0 Å². The van der Waals surface area contributed by atoms with Gasteiger partial charge in [0.05, 0.1) is 16.6 Å². The number of rotatable bonds is 7. The van der Waals surface area contributed by atoms with Gasteiger partial charge in [0.1, 0.15) is 0 Å². The van der Waals surface area contributed by atoms with Gasteiger partial charge in [-0.1, -0.05) is 71.8 Å². The fraction of sp³-hybridized carbons (Fsp3) is 0.250. The minimum absolute atomic E-state index is 0.0888. The molecule has 0 saturated heterocycles. The van der Waals surface area contributed by atoms with Crippen LogP contribution in [0.4, 0.5) is 22.1 Å². The first kappa shape index (κ1) is 26.6. The van der Waals surface area contributed by atoms with E-state index in [1.165, 1.54) is 37.7 Å². The largest absolute Gasteiger partial charge is 0.326 e. The molecule has 0 bridgehead atoms. The Bertz CT molecular complexity index is 1420. The van der Waals surface area contributed by atoms with E-state index in [0.717, 1.165) is 11.3 Å². The van der Waals surface area contributed by atoms with E-state index in [4.69, 9.17) is 23.2 Å². The lowest BCUT2D eigenvalue weighted by Gasteiger charge is -2.26. The molecule has 0 unspecified atom stereocenters. The molecule has 1 saturated carbocycles. The number of nitrogens with one attached hydrogen (secondary N) is 3. The van der Waals surface area contributed by atoms with Crippen molar-refractivity contribution in [2.75, 3.05) is 15.5 Å². The van der Waals surface area contributed by atoms with Crippen molar-refractivity contribution in [2.24, 2.45) is 0 Å². The Hall–Kier alpha value is -3.95. The SMILES string of the molecule is O=C(Nc1nn[nH]n1)c1ccc(CN(C(=O)Nc2ccc(Cl)c(Cl)c2)c2ccc(C3CCCCC3)cc2)cc1. The molecule has 3 aromatic carbocycles. The summed E-state index contributed by atoms with van der Waals surface area (Å²) >= 11 is 12.2. The normalized spacial score (nSPS) is 13.6. The number of benzene rings is 3. The third-order valence-electron chi connectivity index (χ3n) is 6.82. The van der Waals surface area contributed by atoms with Crippen molar-refractivity contribution in [3.05, 3.63) is 93.5 Å². The lowest BCUT2D eigenvalue weighted by atomic mass is 9.84. The van der Waals surface area contributed by atoms with Crippen molar-refractivity contribution in [1.82, 2.24) is 20.6 Å². The van der Waals surface area contributed by atoms with Crippen LogP contribution in [0.2, 0.25) is 10.0 Å². The maximum Gasteiger partial charge on any atom is 0.326 e. The van der Waals surface area contributed by atoms with E-state index in [9.17, 15) is 9.59 Å². The van der Waals surface area contributed by atoms with E-state index in [-0.39, 0.29) is 24.4 Å². The predicted octanol–water partition coefficient (Wildman–Crippen LogP) is 7.05. The van der Waals surface area contributed by atoms with Gasteiger partial charge < -0.3 is 5.32 Å². The first-order valence-electron chi connectivity index (χ1n) is 12.7. The molecular weight excluding hydrogens is 537 g/mol. The van der Waals surface area contributed by atoms with Gasteiger partial charge in [-0.2, -0.15) is 5.21 Å². The number of anilines is 3. The summed E-state index contributed by atoms with van der Waals surface area (Å²) in [5.74, 6) is 0.291. The van der Waals surface area contributed by atoms with Gasteiger partial charge in [0.2, 0.25) is 0 Å². The van der Waals surface area contributed by atoms with Crippen LogP contribution in [0.25, 0.3) is 0 Å². The number of urea groups is 1. The first-order valence-corrected chi connectivity index (χ1v) is 13.5. The van der Waals surface area contributed by atoms with Gasteiger partial charge in [-0.15, -0.1) is 5.10 Å². The van der Waals surface area contributed by atoms with Crippen LogP contribution >= 0.6 is 23.2 Å². The quantitative estimate of drug-likeness (QED) is 0.223. The highest BCUT2D eigenvalue weighted by atomic mass is 35.5. The second-order valence-electron chi connectivity index (χ2n) is 9.46. The molecule has 4 aromatic rings. The number of aromatic amines is 1. The number of halogens is 2. The van der Waals surface area contributed by atoms with E-state index in [2.05, 4.69) is 43.4 Å². The van der Waals surface area contributed by atoms with Gasteiger partial charge in [0.15, 0.2) is 0 Å². The summed E-state index contributed by atoms with van der Waals surface area (Å²) in [6.07, 6.45) is 6.22. The number of carbonyl (C=O) groups is 2. The van der Waals surface area contributed by atoms with Crippen LogP contribution in [-0.2, 0) is 6.54 Å². The molecule has 0 aliphatic heterocycles. The molecule has 1 aliphatic carbocycles. The monoisotopic (exact) mass is 563 g/mol. The molecule has 1 fully saturated rings. The Labute approximate surface area is 235 Å². The molecule has 200 valence electrons. The van der Waals surface area contributed by atoms with Crippen molar-refractivity contribution in [2.45, 2.75) is 44.6 Å².